The second-order valence-corrected chi connectivity index (χ2v) is 2.08. The predicted molar refractivity (Wildman–Crippen MR) is 53.3 cm³/mol. The van der Waals surface area contributed by atoms with Gasteiger partial charge in [-0.25, -0.2) is 0 Å². The van der Waals surface area contributed by atoms with Gasteiger partial charge in [-0.15, -0.1) is 0 Å². The Hall–Kier alpha value is -0.790. The largest absolute Gasteiger partial charge is 0.365 e. The number of aromatic nitrogens is 1. The maximum absolute atomic E-state index is 4.63. The van der Waals surface area contributed by atoms with Gasteiger partial charge in [0.25, 0.3) is 0 Å². The van der Waals surface area contributed by atoms with Gasteiger partial charge in [0, 0.05) is 6.07 Å². The fourth-order valence-corrected chi connectivity index (χ4v) is 0.520. The number of hydrogen-bond acceptors (Lipinski definition) is 2. The van der Waals surface area contributed by atoms with E-state index in [1.807, 2.05) is 33.8 Å². The van der Waals surface area contributed by atoms with Crippen LogP contribution in [-0.4, -0.2) is 5.16 Å². The summed E-state index contributed by atoms with van der Waals surface area (Å²) in [6, 6.07) is 1.88. The van der Waals surface area contributed by atoms with Crippen LogP contribution in [-0.2, 0) is 0 Å². The van der Waals surface area contributed by atoms with Gasteiger partial charge in [-0.1, -0.05) is 46.7 Å². The molecule has 72 valence electrons. The van der Waals surface area contributed by atoms with Gasteiger partial charge in [0.1, 0.15) is 6.26 Å². The molecule has 0 unspecified atom stereocenters. The van der Waals surface area contributed by atoms with E-state index in [-0.39, 0.29) is 0 Å². The first-order chi connectivity index (χ1) is 5.80. The van der Waals surface area contributed by atoms with E-state index in [4.69, 9.17) is 0 Å². The smallest absolute Gasteiger partial charge is 0.124 e. The minimum absolute atomic E-state index is 0.480. The molecular formula is C10H21NO. The van der Waals surface area contributed by atoms with Crippen LogP contribution >= 0.6 is 0 Å². The summed E-state index contributed by atoms with van der Waals surface area (Å²) >= 11 is 0. The quantitative estimate of drug-likeness (QED) is 0.641. The second kappa shape index (κ2) is 10.2. The van der Waals surface area contributed by atoms with Crippen LogP contribution in [0.15, 0.2) is 16.9 Å². The molecule has 0 bridgehead atoms. The van der Waals surface area contributed by atoms with E-state index in [0.717, 1.165) is 5.69 Å². The molecule has 0 aliphatic carbocycles. The Labute approximate surface area is 76.0 Å². The van der Waals surface area contributed by atoms with E-state index in [1.54, 1.807) is 6.26 Å². The number of hydrogen-bond donors (Lipinski definition) is 0. The maximum atomic E-state index is 4.63. The third-order valence-electron chi connectivity index (χ3n) is 1.05. The molecule has 1 rings (SSSR count). The van der Waals surface area contributed by atoms with E-state index in [0.29, 0.717) is 5.92 Å². The normalized spacial score (nSPS) is 7.92. The molecule has 0 radical (unpaired) electrons. The van der Waals surface area contributed by atoms with Crippen molar-refractivity contribution in [2.45, 2.75) is 47.5 Å². The Morgan fingerprint density at radius 3 is 1.83 bits per heavy atom. The van der Waals surface area contributed by atoms with Crippen molar-refractivity contribution in [2.75, 3.05) is 0 Å². The zero-order valence-corrected chi connectivity index (χ0v) is 9.09. The third-order valence-corrected chi connectivity index (χ3v) is 1.05. The molecule has 0 aromatic carbocycles. The number of rotatable bonds is 1. The molecule has 0 saturated heterocycles. The monoisotopic (exact) mass is 171 g/mol. The third kappa shape index (κ3) is 5.96. The molecule has 0 N–H and O–H groups in total. The van der Waals surface area contributed by atoms with E-state index in [2.05, 4.69) is 23.5 Å². The first-order valence-electron chi connectivity index (χ1n) is 4.71. The molecule has 0 atom stereocenters. The van der Waals surface area contributed by atoms with Gasteiger partial charge in [0.05, 0.1) is 5.69 Å². The minimum atomic E-state index is 0.480. The average molecular weight is 171 g/mol. The van der Waals surface area contributed by atoms with Crippen molar-refractivity contribution in [3.8, 4) is 0 Å². The lowest BCUT2D eigenvalue weighted by atomic mass is 10.1. The van der Waals surface area contributed by atoms with Gasteiger partial charge < -0.3 is 4.52 Å². The van der Waals surface area contributed by atoms with Crippen LogP contribution in [0.25, 0.3) is 0 Å². The van der Waals surface area contributed by atoms with Crippen molar-refractivity contribution >= 4 is 0 Å². The molecule has 12 heavy (non-hydrogen) atoms. The molecule has 1 heterocycles. The highest BCUT2D eigenvalue weighted by molar-refractivity contribution is 4.99. The molecule has 2 nitrogen and oxygen atoms in total. The summed E-state index contributed by atoms with van der Waals surface area (Å²) in [5.74, 6) is 0.480. The van der Waals surface area contributed by atoms with Crippen LogP contribution in [0.3, 0.4) is 0 Å². The fourth-order valence-electron chi connectivity index (χ4n) is 0.520. The highest BCUT2D eigenvalue weighted by Crippen LogP contribution is 2.09. The van der Waals surface area contributed by atoms with Crippen molar-refractivity contribution in [1.82, 2.24) is 5.16 Å². The molecule has 0 amide bonds. The van der Waals surface area contributed by atoms with Gasteiger partial charge in [0.2, 0.25) is 0 Å². The Morgan fingerprint density at radius 2 is 1.67 bits per heavy atom. The van der Waals surface area contributed by atoms with E-state index in [9.17, 15) is 0 Å². The zero-order chi connectivity index (χ0) is 9.98. The fraction of sp³-hybridized carbons (Fsp3) is 0.700. The summed E-state index contributed by atoms with van der Waals surface area (Å²) in [6.45, 7) is 12.2. The molecule has 0 saturated carbocycles. The van der Waals surface area contributed by atoms with E-state index < -0.39 is 0 Å². The Morgan fingerprint density at radius 1 is 1.17 bits per heavy atom. The van der Waals surface area contributed by atoms with Crippen LogP contribution in [0.4, 0.5) is 0 Å². The summed E-state index contributed by atoms with van der Waals surface area (Å²) in [7, 11) is 0. The van der Waals surface area contributed by atoms with Crippen LogP contribution in [0.2, 0.25) is 0 Å². The molecule has 1 aromatic rings. The highest BCUT2D eigenvalue weighted by Gasteiger charge is 1.98. The lowest BCUT2D eigenvalue weighted by Gasteiger charge is -1.92. The Kier molecular flexibility index (Phi) is 11.7. The van der Waals surface area contributed by atoms with E-state index in [1.165, 1.54) is 0 Å². The molecule has 1 aromatic heterocycles. The summed E-state index contributed by atoms with van der Waals surface area (Å²) in [5.41, 5.74) is 1.02. The second-order valence-electron chi connectivity index (χ2n) is 2.08. The van der Waals surface area contributed by atoms with Crippen molar-refractivity contribution < 1.29 is 4.52 Å². The highest BCUT2D eigenvalue weighted by atomic mass is 16.5. The molecule has 2 heteroatoms. The van der Waals surface area contributed by atoms with Crippen LogP contribution < -0.4 is 0 Å². The summed E-state index contributed by atoms with van der Waals surface area (Å²) < 4.78 is 4.63. The summed E-state index contributed by atoms with van der Waals surface area (Å²) in [4.78, 5) is 0. The lowest BCUT2D eigenvalue weighted by molar-refractivity contribution is 0.408. The topological polar surface area (TPSA) is 26.0 Å². The van der Waals surface area contributed by atoms with Gasteiger partial charge >= 0.3 is 0 Å². The van der Waals surface area contributed by atoms with Crippen molar-refractivity contribution in [3.63, 3.8) is 0 Å². The molecule has 0 fully saturated rings. The molecule has 0 spiro atoms. The minimum Gasteiger partial charge on any atom is -0.365 e. The molecule has 0 aliphatic rings. The summed E-state index contributed by atoms with van der Waals surface area (Å²) in [5, 5.41) is 3.74. The number of nitrogens with zero attached hydrogens (tertiary/aromatic N) is 1. The van der Waals surface area contributed by atoms with Gasteiger partial charge in [-0.2, -0.15) is 0 Å². The van der Waals surface area contributed by atoms with Crippen LogP contribution in [0, 0.1) is 0 Å². The average Bonchev–Trinajstić information content (AvgIpc) is 2.64. The zero-order valence-electron chi connectivity index (χ0n) is 9.09. The lowest BCUT2D eigenvalue weighted by Crippen LogP contribution is -1.83. The molecule has 0 aliphatic heterocycles. The summed E-state index contributed by atoms with van der Waals surface area (Å²) in [6.07, 6.45) is 1.59. The van der Waals surface area contributed by atoms with Crippen LogP contribution in [0.5, 0.6) is 0 Å². The van der Waals surface area contributed by atoms with E-state index >= 15 is 0 Å². The Balaban J connectivity index is 0. The van der Waals surface area contributed by atoms with Crippen molar-refractivity contribution in [3.05, 3.63) is 18.0 Å². The predicted octanol–water partition coefficient (Wildman–Crippen LogP) is 3.85. The Bertz CT molecular complexity index is 145. The maximum Gasteiger partial charge on any atom is 0.124 e. The van der Waals surface area contributed by atoms with Gasteiger partial charge in [-0.05, 0) is 5.92 Å². The molecular weight excluding hydrogens is 150 g/mol. The van der Waals surface area contributed by atoms with Crippen LogP contribution in [0.1, 0.15) is 53.2 Å². The van der Waals surface area contributed by atoms with Crippen molar-refractivity contribution in [2.24, 2.45) is 0 Å². The SMILES string of the molecule is CC.CC.CC(C)c1ccon1. The van der Waals surface area contributed by atoms with Gasteiger partial charge in [0.15, 0.2) is 0 Å². The first-order valence-corrected chi connectivity index (χ1v) is 4.71. The van der Waals surface area contributed by atoms with Gasteiger partial charge in [-0.3, -0.25) is 0 Å². The van der Waals surface area contributed by atoms with Crippen molar-refractivity contribution in [1.29, 1.82) is 0 Å². The first kappa shape index (κ1) is 13.8. The standard InChI is InChI=1S/C6H9NO.2C2H6/c1-5(2)6-3-4-8-7-6;2*1-2/h3-5H,1-2H3;2*1-2H3.